The van der Waals surface area contributed by atoms with E-state index < -0.39 is 17.9 Å². The van der Waals surface area contributed by atoms with Gasteiger partial charge in [0.2, 0.25) is 5.91 Å². The summed E-state index contributed by atoms with van der Waals surface area (Å²) in [6.07, 6.45) is 1.97. The predicted octanol–water partition coefficient (Wildman–Crippen LogP) is 5.27. The third kappa shape index (κ3) is 4.39. The molecule has 32 heavy (non-hydrogen) atoms. The van der Waals surface area contributed by atoms with E-state index >= 15 is 0 Å². The molecule has 162 valence electrons. The molecule has 1 aliphatic heterocycles. The van der Waals surface area contributed by atoms with E-state index in [4.69, 9.17) is 4.74 Å². The molecule has 0 saturated heterocycles. The van der Waals surface area contributed by atoms with Gasteiger partial charge in [0.05, 0.1) is 11.1 Å². The van der Waals surface area contributed by atoms with Crippen molar-refractivity contribution in [1.29, 1.82) is 0 Å². The van der Waals surface area contributed by atoms with Gasteiger partial charge in [-0.2, -0.15) is 0 Å². The Labute approximate surface area is 186 Å². The minimum absolute atomic E-state index is 0.342. The van der Waals surface area contributed by atoms with Crippen LogP contribution in [0.2, 0.25) is 0 Å². The molecule has 6 nitrogen and oxygen atoms in total. The maximum atomic E-state index is 13.1. The summed E-state index contributed by atoms with van der Waals surface area (Å²) in [4.78, 5) is 40.0. The number of benzene rings is 3. The van der Waals surface area contributed by atoms with Crippen molar-refractivity contribution >= 4 is 23.4 Å². The summed E-state index contributed by atoms with van der Waals surface area (Å²) >= 11 is 0. The number of hydrogen-bond acceptors (Lipinski definition) is 4. The van der Waals surface area contributed by atoms with Crippen LogP contribution in [0.5, 0.6) is 11.5 Å². The van der Waals surface area contributed by atoms with Crippen molar-refractivity contribution in [3.8, 4) is 11.5 Å². The molecule has 4 rings (SSSR count). The van der Waals surface area contributed by atoms with Crippen molar-refractivity contribution in [2.75, 3.05) is 5.32 Å². The Morgan fingerprint density at radius 2 is 1.41 bits per heavy atom. The van der Waals surface area contributed by atoms with E-state index in [2.05, 4.69) is 5.32 Å². The Morgan fingerprint density at radius 1 is 0.844 bits per heavy atom. The summed E-state index contributed by atoms with van der Waals surface area (Å²) in [6, 6.07) is 22.2. The molecule has 1 atom stereocenters. The largest absolute Gasteiger partial charge is 0.457 e. The maximum Gasteiger partial charge on any atom is 0.262 e. The lowest BCUT2D eigenvalue weighted by atomic mass is 10.1. The number of para-hydroxylation sites is 1. The Kier molecular flexibility index (Phi) is 6.31. The van der Waals surface area contributed by atoms with Gasteiger partial charge >= 0.3 is 0 Å². The summed E-state index contributed by atoms with van der Waals surface area (Å²) in [5, 5.41) is 2.85. The molecule has 1 aliphatic rings. The summed E-state index contributed by atoms with van der Waals surface area (Å²) in [6.45, 7) is 2.00. The number of fused-ring (bicyclic) bond motifs is 1. The fourth-order valence-corrected chi connectivity index (χ4v) is 3.72. The number of ether oxygens (including phenoxy) is 1. The molecule has 1 heterocycles. The van der Waals surface area contributed by atoms with Crippen molar-refractivity contribution in [2.24, 2.45) is 0 Å². The van der Waals surface area contributed by atoms with Crippen molar-refractivity contribution in [1.82, 2.24) is 4.90 Å². The number of carbonyl (C=O) groups excluding carboxylic acids is 3. The van der Waals surface area contributed by atoms with Crippen LogP contribution < -0.4 is 10.1 Å². The van der Waals surface area contributed by atoms with E-state index in [0.29, 0.717) is 29.0 Å². The zero-order valence-electron chi connectivity index (χ0n) is 17.8. The van der Waals surface area contributed by atoms with Gasteiger partial charge in [0, 0.05) is 5.69 Å². The first-order valence-corrected chi connectivity index (χ1v) is 10.7. The monoisotopic (exact) mass is 428 g/mol. The topological polar surface area (TPSA) is 75.7 Å². The van der Waals surface area contributed by atoms with Gasteiger partial charge in [-0.25, -0.2) is 0 Å². The standard InChI is InChI=1S/C26H24N2O4/c1-2-3-13-23(28-25(30)21-11-7-8-12-22(21)26(28)31)24(29)27-18-14-16-20(17-15-18)32-19-9-5-4-6-10-19/h4-12,14-17,23H,2-3,13H2,1H3,(H,27,29)/t23-/m1/s1. The van der Waals surface area contributed by atoms with Crippen LogP contribution in [0, 0.1) is 0 Å². The highest BCUT2D eigenvalue weighted by Crippen LogP contribution is 2.28. The van der Waals surface area contributed by atoms with E-state index in [-0.39, 0.29) is 5.91 Å². The minimum atomic E-state index is -0.873. The van der Waals surface area contributed by atoms with E-state index in [1.165, 1.54) is 0 Å². The van der Waals surface area contributed by atoms with Crippen molar-refractivity contribution in [2.45, 2.75) is 32.2 Å². The van der Waals surface area contributed by atoms with Crippen LogP contribution in [-0.2, 0) is 4.79 Å². The SMILES string of the molecule is CCCC[C@H](C(=O)Nc1ccc(Oc2ccccc2)cc1)N1C(=O)c2ccccc2C1=O. The average Bonchev–Trinajstić information content (AvgIpc) is 3.07. The summed E-state index contributed by atoms with van der Waals surface area (Å²) in [5.41, 5.74) is 1.25. The zero-order valence-corrected chi connectivity index (χ0v) is 17.8. The van der Waals surface area contributed by atoms with Gasteiger partial charge in [0.25, 0.3) is 11.8 Å². The second kappa shape index (κ2) is 9.47. The molecule has 1 N–H and O–H groups in total. The van der Waals surface area contributed by atoms with Gasteiger partial charge in [-0.3, -0.25) is 19.3 Å². The van der Waals surface area contributed by atoms with E-state index in [1.807, 2.05) is 37.3 Å². The first-order valence-electron chi connectivity index (χ1n) is 10.7. The van der Waals surface area contributed by atoms with E-state index in [1.54, 1.807) is 48.5 Å². The van der Waals surface area contributed by atoms with Gasteiger partial charge in [-0.05, 0) is 55.0 Å². The minimum Gasteiger partial charge on any atom is -0.457 e. The molecule has 3 aromatic rings. The molecule has 0 unspecified atom stereocenters. The molecular weight excluding hydrogens is 404 g/mol. The van der Waals surface area contributed by atoms with Crippen LogP contribution in [0.15, 0.2) is 78.9 Å². The molecule has 0 saturated carbocycles. The molecule has 3 amide bonds. The number of nitrogens with zero attached hydrogens (tertiary/aromatic N) is 1. The Balaban J connectivity index is 1.49. The van der Waals surface area contributed by atoms with Crippen LogP contribution in [0.4, 0.5) is 5.69 Å². The number of hydrogen-bond donors (Lipinski definition) is 1. The van der Waals surface area contributed by atoms with Crippen LogP contribution in [0.3, 0.4) is 0 Å². The summed E-state index contributed by atoms with van der Waals surface area (Å²) in [5.74, 6) is 0.123. The summed E-state index contributed by atoms with van der Waals surface area (Å²) < 4.78 is 5.77. The summed E-state index contributed by atoms with van der Waals surface area (Å²) in [7, 11) is 0. The second-order valence-electron chi connectivity index (χ2n) is 7.61. The number of unbranched alkanes of at least 4 members (excludes halogenated alkanes) is 1. The zero-order chi connectivity index (χ0) is 22.5. The lowest BCUT2D eigenvalue weighted by Crippen LogP contribution is -2.47. The fourth-order valence-electron chi connectivity index (χ4n) is 3.72. The Hall–Kier alpha value is -3.93. The van der Waals surface area contributed by atoms with Gasteiger partial charge in [-0.1, -0.05) is 50.1 Å². The normalized spacial score (nSPS) is 13.6. The highest BCUT2D eigenvalue weighted by molar-refractivity contribution is 6.23. The number of imide groups is 1. The van der Waals surface area contributed by atoms with Crippen molar-refractivity contribution in [3.63, 3.8) is 0 Å². The Morgan fingerprint density at radius 3 is 2.00 bits per heavy atom. The van der Waals surface area contributed by atoms with Gasteiger partial charge < -0.3 is 10.1 Å². The van der Waals surface area contributed by atoms with Crippen molar-refractivity contribution < 1.29 is 19.1 Å². The van der Waals surface area contributed by atoms with Crippen LogP contribution in [-0.4, -0.2) is 28.7 Å². The van der Waals surface area contributed by atoms with Crippen molar-refractivity contribution in [3.05, 3.63) is 90.0 Å². The first-order chi connectivity index (χ1) is 15.6. The van der Waals surface area contributed by atoms with Gasteiger partial charge in [0.15, 0.2) is 0 Å². The highest BCUT2D eigenvalue weighted by atomic mass is 16.5. The quantitative estimate of drug-likeness (QED) is 0.496. The van der Waals surface area contributed by atoms with Crippen LogP contribution in [0.25, 0.3) is 0 Å². The molecule has 3 aromatic carbocycles. The number of amides is 3. The van der Waals surface area contributed by atoms with E-state index in [9.17, 15) is 14.4 Å². The number of rotatable bonds is 8. The lowest BCUT2D eigenvalue weighted by molar-refractivity contribution is -0.120. The van der Waals surface area contributed by atoms with Crippen LogP contribution in [0.1, 0.15) is 46.9 Å². The molecule has 0 spiro atoms. The fraction of sp³-hybridized carbons (Fsp3) is 0.192. The predicted molar refractivity (Wildman–Crippen MR) is 122 cm³/mol. The second-order valence-corrected chi connectivity index (χ2v) is 7.61. The molecular formula is C26H24N2O4. The van der Waals surface area contributed by atoms with Gasteiger partial charge in [-0.15, -0.1) is 0 Å². The van der Waals surface area contributed by atoms with Gasteiger partial charge in [0.1, 0.15) is 17.5 Å². The first kappa shape index (κ1) is 21.3. The van der Waals surface area contributed by atoms with Crippen LogP contribution >= 0.6 is 0 Å². The highest BCUT2D eigenvalue weighted by Gasteiger charge is 2.42. The maximum absolute atomic E-state index is 13.1. The third-order valence-corrected chi connectivity index (χ3v) is 5.37. The molecule has 0 radical (unpaired) electrons. The van der Waals surface area contributed by atoms with E-state index in [0.717, 1.165) is 23.5 Å². The Bertz CT molecular complexity index is 1090. The molecule has 0 bridgehead atoms. The smallest absolute Gasteiger partial charge is 0.262 e. The third-order valence-electron chi connectivity index (χ3n) is 5.37. The number of nitrogens with one attached hydrogen (secondary N) is 1. The number of anilines is 1. The lowest BCUT2D eigenvalue weighted by Gasteiger charge is -2.25. The molecule has 0 aromatic heterocycles. The average molecular weight is 428 g/mol. The molecule has 6 heteroatoms. The molecule has 0 aliphatic carbocycles. The molecule has 0 fully saturated rings. The number of carbonyl (C=O) groups is 3.